The quantitative estimate of drug-likeness (QED) is 0.813. The van der Waals surface area contributed by atoms with Crippen LogP contribution in [0, 0.1) is 0 Å². The summed E-state index contributed by atoms with van der Waals surface area (Å²) in [5.74, 6) is 0.0260. The molecule has 1 amide bonds. The van der Waals surface area contributed by atoms with Gasteiger partial charge in [0, 0.05) is 18.7 Å². The summed E-state index contributed by atoms with van der Waals surface area (Å²) in [7, 11) is 0. The van der Waals surface area contributed by atoms with E-state index < -0.39 is 0 Å². The Hall–Kier alpha value is -2.16. The highest BCUT2D eigenvalue weighted by Crippen LogP contribution is 1.97. The first kappa shape index (κ1) is 13.3. The minimum atomic E-state index is 0.0260. The third kappa shape index (κ3) is 4.21. The van der Waals surface area contributed by atoms with E-state index in [0.717, 1.165) is 12.0 Å². The maximum absolute atomic E-state index is 11.8. The molecule has 0 aliphatic heterocycles. The lowest BCUT2D eigenvalue weighted by Crippen LogP contribution is -2.42. The third-order valence-corrected chi connectivity index (χ3v) is 3.03. The number of aryl methyl sites for hydroxylation is 1. The van der Waals surface area contributed by atoms with Crippen molar-refractivity contribution in [3.8, 4) is 0 Å². The van der Waals surface area contributed by atoms with Crippen molar-refractivity contribution >= 4 is 5.91 Å². The Morgan fingerprint density at radius 2 is 1.74 bits per heavy atom. The fourth-order valence-corrected chi connectivity index (χ4v) is 1.85. The molecule has 0 unspecified atom stereocenters. The number of hydrogen-bond acceptors (Lipinski definition) is 1. The molecule has 0 bridgehead atoms. The Morgan fingerprint density at radius 1 is 1.05 bits per heavy atom. The standard InChI is InChI=1S/C16H18N2O/c1-2-14-8-10-18(11-9-14)13-16(19)17-12-15-6-4-3-5-7-15/h3-11H,2,12-13H2,1H3/p+1. The molecule has 0 saturated heterocycles. The summed E-state index contributed by atoms with van der Waals surface area (Å²) in [4.78, 5) is 11.8. The van der Waals surface area contributed by atoms with Crippen molar-refractivity contribution in [3.63, 3.8) is 0 Å². The van der Waals surface area contributed by atoms with E-state index in [9.17, 15) is 4.79 Å². The molecule has 2 aromatic rings. The van der Waals surface area contributed by atoms with E-state index in [1.165, 1.54) is 5.56 Å². The van der Waals surface area contributed by atoms with Crippen LogP contribution in [-0.2, 0) is 24.3 Å². The zero-order valence-corrected chi connectivity index (χ0v) is 11.2. The second-order valence-electron chi connectivity index (χ2n) is 4.49. The van der Waals surface area contributed by atoms with Crippen molar-refractivity contribution in [1.82, 2.24) is 5.32 Å². The van der Waals surface area contributed by atoms with Crippen molar-refractivity contribution in [2.45, 2.75) is 26.4 Å². The van der Waals surface area contributed by atoms with Gasteiger partial charge >= 0.3 is 0 Å². The molecular formula is C16H19N2O+. The molecule has 1 aromatic carbocycles. The Morgan fingerprint density at radius 3 is 2.37 bits per heavy atom. The van der Waals surface area contributed by atoms with Crippen molar-refractivity contribution < 1.29 is 9.36 Å². The van der Waals surface area contributed by atoms with Gasteiger partial charge in [0.2, 0.25) is 6.54 Å². The molecule has 0 spiro atoms. The van der Waals surface area contributed by atoms with Crippen LogP contribution in [0.15, 0.2) is 54.9 Å². The average Bonchev–Trinajstić information content (AvgIpc) is 2.47. The van der Waals surface area contributed by atoms with Crippen LogP contribution >= 0.6 is 0 Å². The van der Waals surface area contributed by atoms with Gasteiger partial charge in [-0.05, 0) is 17.5 Å². The van der Waals surface area contributed by atoms with Gasteiger partial charge in [-0.2, -0.15) is 4.57 Å². The molecule has 2 rings (SSSR count). The second kappa shape index (κ2) is 6.69. The number of amides is 1. The number of benzene rings is 1. The van der Waals surface area contributed by atoms with E-state index in [1.54, 1.807) is 0 Å². The SMILES string of the molecule is CCc1cc[n+](CC(=O)NCc2ccccc2)cc1. The number of carbonyl (C=O) groups is 1. The van der Waals surface area contributed by atoms with Crippen LogP contribution < -0.4 is 9.88 Å². The summed E-state index contributed by atoms with van der Waals surface area (Å²) in [6, 6.07) is 14.0. The van der Waals surface area contributed by atoms with Crippen LogP contribution in [0.5, 0.6) is 0 Å². The van der Waals surface area contributed by atoms with E-state index in [0.29, 0.717) is 13.1 Å². The molecular weight excluding hydrogens is 236 g/mol. The maximum Gasteiger partial charge on any atom is 0.286 e. The average molecular weight is 255 g/mol. The van der Waals surface area contributed by atoms with Gasteiger partial charge in [-0.15, -0.1) is 0 Å². The number of aromatic nitrogens is 1. The summed E-state index contributed by atoms with van der Waals surface area (Å²) in [6.45, 7) is 3.05. The molecule has 0 saturated carbocycles. The van der Waals surface area contributed by atoms with Crippen molar-refractivity contribution in [2.24, 2.45) is 0 Å². The molecule has 1 aromatic heterocycles. The topological polar surface area (TPSA) is 33.0 Å². The van der Waals surface area contributed by atoms with Gasteiger partial charge in [-0.25, -0.2) is 0 Å². The lowest BCUT2D eigenvalue weighted by Gasteiger charge is -2.03. The van der Waals surface area contributed by atoms with E-state index in [1.807, 2.05) is 59.4 Å². The minimum Gasteiger partial charge on any atom is -0.347 e. The summed E-state index contributed by atoms with van der Waals surface area (Å²) in [5, 5.41) is 2.92. The first-order valence-corrected chi connectivity index (χ1v) is 6.56. The number of rotatable bonds is 5. The molecule has 0 aliphatic rings. The Balaban J connectivity index is 1.83. The van der Waals surface area contributed by atoms with E-state index in [4.69, 9.17) is 0 Å². The summed E-state index contributed by atoms with van der Waals surface area (Å²) in [6.07, 6.45) is 4.91. The van der Waals surface area contributed by atoms with Crippen LogP contribution in [0.2, 0.25) is 0 Å². The third-order valence-electron chi connectivity index (χ3n) is 3.03. The fraction of sp³-hybridized carbons (Fsp3) is 0.250. The van der Waals surface area contributed by atoms with Crippen LogP contribution in [0.3, 0.4) is 0 Å². The predicted octanol–water partition coefficient (Wildman–Crippen LogP) is 1.85. The second-order valence-corrected chi connectivity index (χ2v) is 4.49. The zero-order chi connectivity index (χ0) is 13.5. The van der Waals surface area contributed by atoms with Gasteiger partial charge in [-0.1, -0.05) is 37.3 Å². The van der Waals surface area contributed by atoms with Crippen molar-refractivity contribution in [1.29, 1.82) is 0 Å². The molecule has 98 valence electrons. The van der Waals surface area contributed by atoms with Crippen molar-refractivity contribution in [3.05, 3.63) is 66.0 Å². The highest BCUT2D eigenvalue weighted by molar-refractivity contribution is 5.74. The monoisotopic (exact) mass is 255 g/mol. The summed E-state index contributed by atoms with van der Waals surface area (Å²) >= 11 is 0. The van der Waals surface area contributed by atoms with Crippen LogP contribution in [0.4, 0.5) is 0 Å². The Kier molecular flexibility index (Phi) is 4.67. The molecule has 3 heteroatoms. The van der Waals surface area contributed by atoms with Gasteiger partial charge in [0.1, 0.15) is 0 Å². The number of nitrogens with one attached hydrogen (secondary N) is 1. The highest BCUT2D eigenvalue weighted by atomic mass is 16.1. The van der Waals surface area contributed by atoms with Gasteiger partial charge in [0.25, 0.3) is 5.91 Å². The highest BCUT2D eigenvalue weighted by Gasteiger charge is 2.08. The van der Waals surface area contributed by atoms with Crippen molar-refractivity contribution in [2.75, 3.05) is 0 Å². The summed E-state index contributed by atoms with van der Waals surface area (Å²) in [5.41, 5.74) is 2.39. The molecule has 0 aliphatic carbocycles. The molecule has 1 heterocycles. The lowest BCUT2D eigenvalue weighted by atomic mass is 10.2. The number of hydrogen-bond donors (Lipinski definition) is 1. The first-order valence-electron chi connectivity index (χ1n) is 6.56. The van der Waals surface area contributed by atoms with Crippen LogP contribution in [-0.4, -0.2) is 5.91 Å². The Bertz CT molecular complexity index is 520. The minimum absolute atomic E-state index is 0.0260. The summed E-state index contributed by atoms with van der Waals surface area (Å²) < 4.78 is 1.89. The number of nitrogens with zero attached hydrogens (tertiary/aromatic N) is 1. The smallest absolute Gasteiger partial charge is 0.286 e. The normalized spacial score (nSPS) is 10.2. The lowest BCUT2D eigenvalue weighted by molar-refractivity contribution is -0.684. The maximum atomic E-state index is 11.8. The fourth-order valence-electron chi connectivity index (χ4n) is 1.85. The Labute approximate surface area is 113 Å². The van der Waals surface area contributed by atoms with Crippen LogP contribution in [0.25, 0.3) is 0 Å². The van der Waals surface area contributed by atoms with E-state index in [-0.39, 0.29) is 5.91 Å². The first-order chi connectivity index (χ1) is 9.28. The molecule has 3 nitrogen and oxygen atoms in total. The van der Waals surface area contributed by atoms with Gasteiger partial charge in [0.15, 0.2) is 12.4 Å². The van der Waals surface area contributed by atoms with Gasteiger partial charge < -0.3 is 5.32 Å². The number of carbonyl (C=O) groups excluding carboxylic acids is 1. The molecule has 0 fully saturated rings. The molecule has 1 N–H and O–H groups in total. The largest absolute Gasteiger partial charge is 0.347 e. The van der Waals surface area contributed by atoms with E-state index >= 15 is 0 Å². The van der Waals surface area contributed by atoms with Gasteiger partial charge in [0.05, 0.1) is 0 Å². The molecule has 0 radical (unpaired) electrons. The van der Waals surface area contributed by atoms with Gasteiger partial charge in [-0.3, -0.25) is 4.79 Å². The zero-order valence-electron chi connectivity index (χ0n) is 11.2. The predicted molar refractivity (Wildman–Crippen MR) is 74.3 cm³/mol. The molecule has 0 atom stereocenters. The number of pyridine rings is 1. The molecule has 19 heavy (non-hydrogen) atoms. The van der Waals surface area contributed by atoms with Crippen LogP contribution in [0.1, 0.15) is 18.1 Å². The van der Waals surface area contributed by atoms with E-state index in [2.05, 4.69) is 12.2 Å².